The van der Waals surface area contributed by atoms with Crippen LogP contribution in [0.1, 0.15) is 73.6 Å². The van der Waals surface area contributed by atoms with Gasteiger partial charge in [0.1, 0.15) is 85.0 Å². The summed E-state index contributed by atoms with van der Waals surface area (Å²) in [6, 6.07) is -9.55. The van der Waals surface area contributed by atoms with Crippen LogP contribution in [0, 0.1) is 0 Å². The van der Waals surface area contributed by atoms with Crippen molar-refractivity contribution in [3.63, 3.8) is 0 Å². The summed E-state index contributed by atoms with van der Waals surface area (Å²) in [6.07, 6.45) is -13.9. The van der Waals surface area contributed by atoms with Gasteiger partial charge in [-0.1, -0.05) is 0 Å². The summed E-state index contributed by atoms with van der Waals surface area (Å²) in [5.41, 5.74) is 5.56. The highest BCUT2D eigenvalue weighted by atomic mass is 16.7. The van der Waals surface area contributed by atoms with Crippen LogP contribution in [0.3, 0.4) is 0 Å². The highest BCUT2D eigenvalue weighted by Gasteiger charge is 2.53. The average Bonchev–Trinajstić information content (AvgIpc) is 3.27. The van der Waals surface area contributed by atoms with E-state index in [-0.39, 0.29) is 13.0 Å². The number of hydrogen-bond donors (Lipinski definition) is 14. The number of nitrogens with two attached hydrogens (primary N) is 1. The number of ether oxygens (including phenoxy) is 5. The second-order valence-electron chi connectivity index (χ2n) is 16.3. The lowest BCUT2D eigenvalue weighted by molar-refractivity contribution is -0.335. The summed E-state index contributed by atoms with van der Waals surface area (Å²) in [5, 5.41) is 77.3. The monoisotopic (exact) mass is 980 g/mol. The van der Waals surface area contributed by atoms with E-state index < -0.39 is 177 Å². The topological polar surface area (TPSA) is 431 Å². The van der Waals surface area contributed by atoms with Gasteiger partial charge in [0.15, 0.2) is 12.6 Å². The summed E-state index contributed by atoms with van der Waals surface area (Å²) in [5.74, 6) is -8.53. The molecule has 28 heteroatoms. The van der Waals surface area contributed by atoms with E-state index in [1.807, 2.05) is 0 Å². The van der Waals surface area contributed by atoms with Crippen molar-refractivity contribution in [1.29, 1.82) is 0 Å². The molecule has 388 valence electrons. The van der Waals surface area contributed by atoms with Crippen LogP contribution in [0.5, 0.6) is 0 Å². The van der Waals surface area contributed by atoms with Crippen LogP contribution in [0.15, 0.2) is 0 Å². The van der Waals surface area contributed by atoms with Gasteiger partial charge in [-0.05, 0) is 59.9 Å². The average molecular weight is 981 g/mol. The van der Waals surface area contributed by atoms with Crippen molar-refractivity contribution in [3.05, 3.63) is 0 Å². The van der Waals surface area contributed by atoms with Gasteiger partial charge in [0.25, 0.3) is 0 Å². The summed E-state index contributed by atoms with van der Waals surface area (Å²) < 4.78 is 29.2. The number of methoxy groups -OCH3 is 1. The minimum absolute atomic E-state index is 0.0758. The number of rotatable bonds is 27. The fourth-order valence-corrected chi connectivity index (χ4v) is 7.04. The van der Waals surface area contributed by atoms with Gasteiger partial charge in [-0.25, -0.2) is 4.79 Å². The van der Waals surface area contributed by atoms with Crippen molar-refractivity contribution in [1.82, 2.24) is 37.2 Å². The number of amides is 7. The van der Waals surface area contributed by atoms with E-state index in [0.717, 1.165) is 13.8 Å². The zero-order chi connectivity index (χ0) is 51.6. The standard InChI is InChI=1S/C40H68N8O20/c1-16(33(56)44-18(3)37(60)61)43-36(59)22(10-8-9-13-41)47-26(53)12-11-23(38(62)63)48-34(57)17(2)42-35(58)19(4)65-32-28(46-21(6)52)39(64-7)67-25(15-50)31(32)68-40-27(45-20(5)51)30(55)29(54)24(14-49)66-40/h16-19,22-25,27-32,39-40,49-50,54-55H,8-15,41H2,1-7H3,(H,42,58)(H,43,59)(H,44,56)(H,45,51)(H,46,52)(H,47,53)(H,48,57)(H,60,61)(H,62,63)/t16-,17+,18-,19-,22+,23-,24-,25-,27-,28-,29-,30-,31-,32-,39-,40+/m1/s1. The van der Waals surface area contributed by atoms with Gasteiger partial charge in [0.2, 0.25) is 41.4 Å². The van der Waals surface area contributed by atoms with Crippen molar-refractivity contribution in [3.8, 4) is 0 Å². The molecule has 0 bridgehead atoms. The van der Waals surface area contributed by atoms with Crippen molar-refractivity contribution in [2.24, 2.45) is 5.73 Å². The molecule has 0 radical (unpaired) electrons. The Morgan fingerprint density at radius 1 is 0.618 bits per heavy atom. The Morgan fingerprint density at radius 2 is 1.16 bits per heavy atom. The number of hydrogen-bond acceptors (Lipinski definition) is 19. The molecule has 0 saturated carbocycles. The molecular formula is C40H68N8O20. The lowest BCUT2D eigenvalue weighted by Crippen LogP contribution is -2.70. The molecule has 2 fully saturated rings. The third-order valence-electron chi connectivity index (χ3n) is 10.8. The quantitative estimate of drug-likeness (QED) is 0.0340. The third kappa shape index (κ3) is 17.7. The Bertz CT molecular complexity index is 1750. The molecule has 0 aromatic carbocycles. The molecule has 15 N–H and O–H groups in total. The number of carboxylic acid groups (broad SMARTS) is 2. The number of aliphatic hydroxyl groups is 4. The third-order valence-corrected chi connectivity index (χ3v) is 10.8. The maximum absolute atomic E-state index is 13.6. The number of aliphatic carboxylic acids is 2. The fourth-order valence-electron chi connectivity index (χ4n) is 7.04. The summed E-state index contributed by atoms with van der Waals surface area (Å²) >= 11 is 0. The predicted octanol–water partition coefficient (Wildman–Crippen LogP) is -6.48. The zero-order valence-electron chi connectivity index (χ0n) is 38.9. The minimum Gasteiger partial charge on any atom is -0.480 e. The van der Waals surface area contributed by atoms with Crippen molar-refractivity contribution in [2.75, 3.05) is 26.9 Å². The Balaban J connectivity index is 2.22. The van der Waals surface area contributed by atoms with Gasteiger partial charge in [-0.2, -0.15) is 0 Å². The number of carbonyl (C=O) groups excluding carboxylic acids is 7. The van der Waals surface area contributed by atoms with Gasteiger partial charge in [-0.15, -0.1) is 0 Å². The van der Waals surface area contributed by atoms with Crippen LogP contribution < -0.4 is 43.0 Å². The second-order valence-corrected chi connectivity index (χ2v) is 16.3. The zero-order valence-corrected chi connectivity index (χ0v) is 38.9. The normalized spacial score (nSPS) is 27.4. The molecule has 28 nitrogen and oxygen atoms in total. The molecule has 2 aliphatic rings. The van der Waals surface area contributed by atoms with Crippen LogP contribution in [-0.4, -0.2) is 208 Å². The Morgan fingerprint density at radius 3 is 1.69 bits per heavy atom. The number of nitrogens with one attached hydrogen (secondary N) is 7. The van der Waals surface area contributed by atoms with E-state index in [9.17, 15) is 68.7 Å². The summed E-state index contributed by atoms with van der Waals surface area (Å²) in [7, 11) is 1.21. The minimum atomic E-state index is -1.75. The highest BCUT2D eigenvalue weighted by Crippen LogP contribution is 2.32. The molecular weight excluding hydrogens is 912 g/mol. The molecule has 68 heavy (non-hydrogen) atoms. The van der Waals surface area contributed by atoms with Gasteiger partial charge < -0.3 is 97.3 Å². The number of carbonyl (C=O) groups is 9. The van der Waals surface area contributed by atoms with E-state index in [2.05, 4.69) is 37.2 Å². The van der Waals surface area contributed by atoms with E-state index >= 15 is 0 Å². The second kappa shape index (κ2) is 28.4. The first-order valence-electron chi connectivity index (χ1n) is 21.8. The molecule has 0 unspecified atom stereocenters. The first kappa shape index (κ1) is 59.0. The van der Waals surface area contributed by atoms with E-state index in [0.29, 0.717) is 12.8 Å². The van der Waals surface area contributed by atoms with Crippen LogP contribution in [0.2, 0.25) is 0 Å². The van der Waals surface area contributed by atoms with Gasteiger partial charge in [0, 0.05) is 27.4 Å². The molecule has 7 amide bonds. The molecule has 2 aliphatic heterocycles. The van der Waals surface area contributed by atoms with Crippen LogP contribution in [0.25, 0.3) is 0 Å². The molecule has 0 aromatic heterocycles. The smallest absolute Gasteiger partial charge is 0.326 e. The largest absolute Gasteiger partial charge is 0.480 e. The Kier molecular flexibility index (Phi) is 24.6. The van der Waals surface area contributed by atoms with Crippen LogP contribution in [0.4, 0.5) is 0 Å². The predicted molar refractivity (Wildman–Crippen MR) is 229 cm³/mol. The van der Waals surface area contributed by atoms with Crippen molar-refractivity contribution < 1.29 is 97.5 Å². The maximum Gasteiger partial charge on any atom is 0.326 e. The highest BCUT2D eigenvalue weighted by molar-refractivity contribution is 5.94. The summed E-state index contributed by atoms with van der Waals surface area (Å²) in [6.45, 7) is 5.90. The van der Waals surface area contributed by atoms with Gasteiger partial charge >= 0.3 is 11.9 Å². The lowest BCUT2D eigenvalue weighted by Gasteiger charge is -2.49. The molecule has 0 aliphatic carbocycles. The van der Waals surface area contributed by atoms with Crippen molar-refractivity contribution >= 4 is 53.3 Å². The SMILES string of the molecule is CO[C@@H]1O[C@H](CO)[C@@H](O[C@@H]2O[C@H](CO)[C@@H](O)[C@H](O)[C@H]2NC(C)=O)[C@H](O[C@H](C)C(=O)N[C@@H](C)C(=O)N[C@H](CCC(=O)N[C@@H](CCCCN)C(=O)N[C@H](C)C(=O)N[C@H](C)C(=O)O)C(=O)O)[C@H]1NC(C)=O. The molecule has 0 aromatic rings. The van der Waals surface area contributed by atoms with Crippen molar-refractivity contribution in [2.45, 2.75) is 171 Å². The van der Waals surface area contributed by atoms with E-state index in [4.69, 9.17) is 34.5 Å². The number of unbranched alkanes of at least 4 members (excludes halogenated alkanes) is 1. The Hall–Kier alpha value is -5.17. The lowest BCUT2D eigenvalue weighted by atomic mass is 9.94. The molecule has 2 saturated heterocycles. The van der Waals surface area contributed by atoms with E-state index in [1.54, 1.807) is 0 Å². The fraction of sp³-hybridized carbons (Fsp3) is 0.775. The molecule has 16 atom stereocenters. The van der Waals surface area contributed by atoms with E-state index in [1.165, 1.54) is 34.8 Å². The summed E-state index contributed by atoms with van der Waals surface area (Å²) in [4.78, 5) is 113. The molecule has 0 spiro atoms. The van der Waals surface area contributed by atoms with Gasteiger partial charge in [-0.3, -0.25) is 38.4 Å². The van der Waals surface area contributed by atoms with Crippen LogP contribution in [-0.2, 0) is 66.8 Å². The van der Waals surface area contributed by atoms with Gasteiger partial charge in [0.05, 0.1) is 13.2 Å². The first-order chi connectivity index (χ1) is 31.9. The Labute approximate surface area is 391 Å². The molecule has 2 heterocycles. The molecule has 2 rings (SSSR count). The number of aliphatic hydroxyl groups excluding tert-OH is 4. The maximum atomic E-state index is 13.6. The first-order valence-corrected chi connectivity index (χ1v) is 21.8. The number of carboxylic acids is 2. The van der Waals surface area contributed by atoms with Crippen LogP contribution >= 0.6 is 0 Å².